The summed E-state index contributed by atoms with van der Waals surface area (Å²) in [6.07, 6.45) is 2.73. The largest absolute Gasteiger partial charge is 0.500 e. The van der Waals surface area contributed by atoms with E-state index in [1.807, 2.05) is 26.8 Å². The molecule has 122 valence electrons. The number of carbonyl (C=O) groups is 1. The first kappa shape index (κ1) is 17.9. The molecule has 1 rings (SSSR count). The summed E-state index contributed by atoms with van der Waals surface area (Å²) in [6.45, 7) is 7.97. The van der Waals surface area contributed by atoms with E-state index in [0.29, 0.717) is 5.76 Å². The van der Waals surface area contributed by atoms with Crippen LogP contribution in [0.25, 0.3) is 0 Å². The maximum atomic E-state index is 11.9. The maximum absolute atomic E-state index is 11.9. The predicted molar refractivity (Wildman–Crippen MR) is 82.7 cm³/mol. The molecule has 0 amide bonds. The van der Waals surface area contributed by atoms with Gasteiger partial charge in [-0.2, -0.15) is 0 Å². The van der Waals surface area contributed by atoms with Gasteiger partial charge in [-0.1, -0.05) is 19.6 Å². The summed E-state index contributed by atoms with van der Waals surface area (Å²) in [5.41, 5.74) is 5.02. The van der Waals surface area contributed by atoms with Gasteiger partial charge in [0, 0.05) is 5.57 Å². The van der Waals surface area contributed by atoms with Crippen molar-refractivity contribution in [3.8, 4) is 0 Å². The molecule has 1 unspecified atom stereocenters. The SMILES string of the molecule is CCOC(=O)/C(=C\OC)OC1C=C(C)C(OC)=C=C1C(C)C. The number of rotatable bonds is 7. The summed E-state index contributed by atoms with van der Waals surface area (Å²) in [5.74, 6) is 0.335. The Balaban J connectivity index is 3.11. The fourth-order valence-electron chi connectivity index (χ4n) is 2.05. The highest BCUT2D eigenvalue weighted by atomic mass is 16.6. The molecule has 0 aliphatic heterocycles. The minimum absolute atomic E-state index is 0.0271. The number of esters is 1. The Kier molecular flexibility index (Phi) is 6.80. The van der Waals surface area contributed by atoms with Crippen LogP contribution in [0.4, 0.5) is 0 Å². The molecule has 0 aromatic rings. The van der Waals surface area contributed by atoms with Crippen molar-refractivity contribution in [3.05, 3.63) is 40.7 Å². The Morgan fingerprint density at radius 3 is 2.59 bits per heavy atom. The number of ether oxygens (including phenoxy) is 4. The zero-order valence-electron chi connectivity index (χ0n) is 14.1. The molecule has 1 aliphatic rings. The number of hydrogen-bond donors (Lipinski definition) is 0. The lowest BCUT2D eigenvalue weighted by Gasteiger charge is -2.24. The van der Waals surface area contributed by atoms with Gasteiger partial charge in [-0.25, -0.2) is 4.79 Å². The molecule has 0 radical (unpaired) electrons. The predicted octanol–water partition coefficient (Wildman–Crippen LogP) is 3.09. The molecular formula is C17H24O5. The normalized spacial score (nSPS) is 18.2. The van der Waals surface area contributed by atoms with Gasteiger partial charge in [0.05, 0.1) is 20.8 Å². The van der Waals surface area contributed by atoms with E-state index in [4.69, 9.17) is 18.9 Å². The van der Waals surface area contributed by atoms with Crippen molar-refractivity contribution in [2.45, 2.75) is 33.8 Å². The third kappa shape index (κ3) is 4.43. The Hall–Kier alpha value is -2.13. The van der Waals surface area contributed by atoms with Crippen LogP contribution in [-0.2, 0) is 23.7 Å². The van der Waals surface area contributed by atoms with Gasteiger partial charge < -0.3 is 18.9 Å². The quantitative estimate of drug-likeness (QED) is 0.313. The van der Waals surface area contributed by atoms with Gasteiger partial charge in [0.25, 0.3) is 0 Å². The van der Waals surface area contributed by atoms with Gasteiger partial charge in [-0.15, -0.1) is 0 Å². The lowest BCUT2D eigenvalue weighted by Crippen LogP contribution is -2.23. The van der Waals surface area contributed by atoms with Crippen molar-refractivity contribution in [2.24, 2.45) is 5.92 Å². The van der Waals surface area contributed by atoms with Gasteiger partial charge in [-0.05, 0) is 31.4 Å². The Morgan fingerprint density at radius 1 is 1.41 bits per heavy atom. The Labute approximate surface area is 131 Å². The van der Waals surface area contributed by atoms with Crippen LogP contribution in [0.2, 0.25) is 0 Å². The summed E-state index contributed by atoms with van der Waals surface area (Å²) >= 11 is 0. The smallest absolute Gasteiger partial charge is 0.376 e. The van der Waals surface area contributed by atoms with Crippen molar-refractivity contribution < 1.29 is 23.7 Å². The molecule has 1 atom stereocenters. The van der Waals surface area contributed by atoms with Crippen LogP contribution in [0.15, 0.2) is 40.7 Å². The number of hydrogen-bond acceptors (Lipinski definition) is 5. The summed E-state index contributed by atoms with van der Waals surface area (Å²) in [5, 5.41) is 0. The Bertz CT molecular complexity index is 533. The van der Waals surface area contributed by atoms with Gasteiger partial charge in [-0.3, -0.25) is 0 Å². The maximum Gasteiger partial charge on any atom is 0.376 e. The van der Waals surface area contributed by atoms with E-state index in [2.05, 4.69) is 5.73 Å². The molecule has 22 heavy (non-hydrogen) atoms. The van der Waals surface area contributed by atoms with E-state index in [1.54, 1.807) is 14.0 Å². The van der Waals surface area contributed by atoms with E-state index < -0.39 is 12.1 Å². The first-order chi connectivity index (χ1) is 10.4. The Morgan fingerprint density at radius 2 is 2.09 bits per heavy atom. The highest BCUT2D eigenvalue weighted by Crippen LogP contribution is 2.27. The van der Waals surface area contributed by atoms with Crippen LogP contribution < -0.4 is 0 Å². The average molecular weight is 308 g/mol. The zero-order chi connectivity index (χ0) is 16.7. The number of methoxy groups -OCH3 is 2. The molecule has 5 nitrogen and oxygen atoms in total. The second-order valence-electron chi connectivity index (χ2n) is 5.09. The third-order valence-electron chi connectivity index (χ3n) is 3.11. The summed E-state index contributed by atoms with van der Waals surface area (Å²) in [7, 11) is 3.06. The van der Waals surface area contributed by atoms with Gasteiger partial charge in [0.2, 0.25) is 5.76 Å². The average Bonchev–Trinajstić information content (AvgIpc) is 2.46. The fraction of sp³-hybridized carbons (Fsp3) is 0.529. The van der Waals surface area contributed by atoms with E-state index in [9.17, 15) is 4.79 Å². The van der Waals surface area contributed by atoms with Crippen molar-refractivity contribution in [1.29, 1.82) is 0 Å². The molecule has 5 heteroatoms. The van der Waals surface area contributed by atoms with E-state index in [0.717, 1.165) is 11.1 Å². The molecule has 0 bridgehead atoms. The minimum Gasteiger partial charge on any atom is -0.500 e. The molecule has 0 aromatic heterocycles. The standard InChI is InChI=1S/C17H24O5/c1-7-21-17(18)16(10-19-5)22-15-8-12(4)14(20-6)9-13(15)11(2)3/h8,10-11,15H,7H2,1-6H3/b16-10+. The molecule has 0 fully saturated rings. The fourth-order valence-corrected chi connectivity index (χ4v) is 2.05. The molecule has 1 aliphatic carbocycles. The highest BCUT2D eigenvalue weighted by Gasteiger charge is 2.26. The summed E-state index contributed by atoms with van der Waals surface area (Å²) in [6, 6.07) is 0. The monoisotopic (exact) mass is 308 g/mol. The molecule has 0 saturated carbocycles. The van der Waals surface area contributed by atoms with Gasteiger partial charge in [0.15, 0.2) is 5.76 Å². The second kappa shape index (κ2) is 8.35. The van der Waals surface area contributed by atoms with Gasteiger partial charge >= 0.3 is 5.97 Å². The molecule has 0 aromatic carbocycles. The van der Waals surface area contributed by atoms with Crippen LogP contribution >= 0.6 is 0 Å². The van der Waals surface area contributed by atoms with Crippen LogP contribution in [-0.4, -0.2) is 32.9 Å². The molecule has 0 N–H and O–H groups in total. The number of carbonyl (C=O) groups excluding carboxylic acids is 1. The van der Waals surface area contributed by atoms with E-state index >= 15 is 0 Å². The molecule has 0 heterocycles. The first-order valence-corrected chi connectivity index (χ1v) is 7.24. The second-order valence-corrected chi connectivity index (χ2v) is 5.09. The first-order valence-electron chi connectivity index (χ1n) is 7.24. The van der Waals surface area contributed by atoms with Crippen molar-refractivity contribution in [2.75, 3.05) is 20.8 Å². The minimum atomic E-state index is -0.556. The van der Waals surface area contributed by atoms with Gasteiger partial charge in [0.1, 0.15) is 12.4 Å². The third-order valence-corrected chi connectivity index (χ3v) is 3.11. The molecular weight excluding hydrogens is 284 g/mol. The lowest BCUT2D eigenvalue weighted by molar-refractivity contribution is -0.143. The van der Waals surface area contributed by atoms with E-state index in [1.165, 1.54) is 13.4 Å². The van der Waals surface area contributed by atoms with Crippen LogP contribution in [0.5, 0.6) is 0 Å². The molecule has 0 spiro atoms. The van der Waals surface area contributed by atoms with Crippen LogP contribution in [0.3, 0.4) is 0 Å². The molecule has 0 saturated heterocycles. The highest BCUT2D eigenvalue weighted by molar-refractivity contribution is 5.86. The van der Waals surface area contributed by atoms with Crippen LogP contribution in [0, 0.1) is 5.92 Å². The van der Waals surface area contributed by atoms with Crippen LogP contribution in [0.1, 0.15) is 27.7 Å². The zero-order valence-corrected chi connectivity index (χ0v) is 14.1. The lowest BCUT2D eigenvalue weighted by atomic mass is 9.93. The van der Waals surface area contributed by atoms with Crippen molar-refractivity contribution in [1.82, 2.24) is 0 Å². The van der Waals surface area contributed by atoms with Crippen molar-refractivity contribution >= 4 is 5.97 Å². The summed E-state index contributed by atoms with van der Waals surface area (Å²) in [4.78, 5) is 11.9. The van der Waals surface area contributed by atoms with Crippen molar-refractivity contribution in [3.63, 3.8) is 0 Å². The topological polar surface area (TPSA) is 54.0 Å². The summed E-state index contributed by atoms with van der Waals surface area (Å²) < 4.78 is 21.0. The van der Waals surface area contributed by atoms with E-state index in [-0.39, 0.29) is 18.3 Å².